The van der Waals surface area contributed by atoms with E-state index in [9.17, 15) is 9.90 Å². The standard InChI is InChI=1S/C23H34O3S/c1-15-7-8-20-22(2,3)9-6-10-23(20,4)19(15)14-27-18-12-16(21(24)25)11-17(13-18)26-5/h11-13,15,19-20H,6-10,14H2,1-5H3,(H,24,25). The Balaban J connectivity index is 1.82. The third kappa shape index (κ3) is 4.01. The number of methoxy groups -OCH3 is 1. The van der Waals surface area contributed by atoms with Crippen LogP contribution in [0.1, 0.15) is 70.2 Å². The summed E-state index contributed by atoms with van der Waals surface area (Å²) in [6, 6.07) is 5.35. The molecule has 0 saturated heterocycles. The molecule has 0 radical (unpaired) electrons. The summed E-state index contributed by atoms with van der Waals surface area (Å²) in [6.07, 6.45) is 6.67. The van der Waals surface area contributed by atoms with E-state index in [1.165, 1.54) is 32.1 Å². The lowest BCUT2D eigenvalue weighted by atomic mass is 9.47. The van der Waals surface area contributed by atoms with Crippen LogP contribution in [-0.4, -0.2) is 23.9 Å². The maximum atomic E-state index is 11.4. The quantitative estimate of drug-likeness (QED) is 0.594. The van der Waals surface area contributed by atoms with Crippen LogP contribution in [0.2, 0.25) is 0 Å². The van der Waals surface area contributed by atoms with Crippen LogP contribution in [-0.2, 0) is 0 Å². The normalized spacial score (nSPS) is 32.6. The van der Waals surface area contributed by atoms with Crippen molar-refractivity contribution in [3.8, 4) is 5.75 Å². The second kappa shape index (κ2) is 7.69. The molecule has 4 heteroatoms. The van der Waals surface area contributed by atoms with Crippen molar-refractivity contribution >= 4 is 17.7 Å². The van der Waals surface area contributed by atoms with Gasteiger partial charge in [-0.3, -0.25) is 0 Å². The highest BCUT2D eigenvalue weighted by molar-refractivity contribution is 7.99. The Labute approximate surface area is 168 Å². The fourth-order valence-corrected chi connectivity index (χ4v) is 7.54. The molecular weight excluding hydrogens is 356 g/mol. The summed E-state index contributed by atoms with van der Waals surface area (Å²) in [5.41, 5.74) is 1.13. The van der Waals surface area contributed by atoms with Gasteiger partial charge in [-0.1, -0.05) is 40.5 Å². The van der Waals surface area contributed by atoms with Gasteiger partial charge in [-0.05, 0) is 66.0 Å². The predicted molar refractivity (Wildman–Crippen MR) is 112 cm³/mol. The number of hydrogen-bond acceptors (Lipinski definition) is 3. The summed E-state index contributed by atoms with van der Waals surface area (Å²) < 4.78 is 5.31. The first-order chi connectivity index (χ1) is 12.7. The SMILES string of the molecule is COc1cc(SCC2C(C)CCC3C(C)(C)CCCC23C)cc(C(=O)O)c1. The molecule has 0 heterocycles. The van der Waals surface area contributed by atoms with Gasteiger partial charge in [-0.2, -0.15) is 0 Å². The van der Waals surface area contributed by atoms with Gasteiger partial charge in [0.15, 0.2) is 0 Å². The zero-order valence-corrected chi connectivity index (χ0v) is 18.2. The number of rotatable bonds is 5. The van der Waals surface area contributed by atoms with Crippen molar-refractivity contribution in [1.82, 2.24) is 0 Å². The molecule has 4 atom stereocenters. The number of hydrogen-bond donors (Lipinski definition) is 1. The van der Waals surface area contributed by atoms with Gasteiger partial charge in [-0.15, -0.1) is 11.8 Å². The van der Waals surface area contributed by atoms with Gasteiger partial charge in [0.1, 0.15) is 5.75 Å². The zero-order chi connectivity index (χ0) is 19.8. The third-order valence-electron chi connectivity index (χ3n) is 7.51. The van der Waals surface area contributed by atoms with Crippen LogP contribution >= 0.6 is 11.8 Å². The van der Waals surface area contributed by atoms with Crippen molar-refractivity contribution in [2.24, 2.45) is 28.6 Å². The summed E-state index contributed by atoms with van der Waals surface area (Å²) in [5, 5.41) is 9.38. The van der Waals surface area contributed by atoms with E-state index < -0.39 is 5.97 Å². The molecule has 2 saturated carbocycles. The second-order valence-electron chi connectivity index (χ2n) is 9.58. The maximum absolute atomic E-state index is 11.4. The molecular formula is C23H34O3S. The molecule has 0 aromatic heterocycles. The topological polar surface area (TPSA) is 46.5 Å². The Bertz CT molecular complexity index is 699. The predicted octanol–water partition coefficient (Wildman–Crippen LogP) is 6.36. The van der Waals surface area contributed by atoms with Crippen molar-refractivity contribution in [1.29, 1.82) is 0 Å². The van der Waals surface area contributed by atoms with Crippen molar-refractivity contribution in [3.63, 3.8) is 0 Å². The van der Waals surface area contributed by atoms with Crippen LogP contribution in [0.4, 0.5) is 0 Å². The van der Waals surface area contributed by atoms with Crippen LogP contribution < -0.4 is 4.74 Å². The van der Waals surface area contributed by atoms with Crippen molar-refractivity contribution < 1.29 is 14.6 Å². The number of fused-ring (bicyclic) bond motifs is 1. The molecule has 1 N–H and O–H groups in total. The Morgan fingerprint density at radius 2 is 1.96 bits per heavy atom. The largest absolute Gasteiger partial charge is 0.497 e. The van der Waals surface area contributed by atoms with E-state index in [1.807, 2.05) is 6.07 Å². The van der Waals surface area contributed by atoms with E-state index >= 15 is 0 Å². The van der Waals surface area contributed by atoms with E-state index in [0.717, 1.165) is 22.5 Å². The number of benzene rings is 1. The van der Waals surface area contributed by atoms with E-state index in [0.29, 0.717) is 28.1 Å². The molecule has 2 aliphatic rings. The average Bonchev–Trinajstić information content (AvgIpc) is 2.59. The summed E-state index contributed by atoms with van der Waals surface area (Å²) in [6.45, 7) is 9.89. The van der Waals surface area contributed by atoms with Gasteiger partial charge in [0, 0.05) is 10.6 Å². The van der Waals surface area contributed by atoms with Crippen LogP contribution in [0, 0.1) is 28.6 Å². The van der Waals surface area contributed by atoms with Crippen molar-refractivity contribution in [3.05, 3.63) is 23.8 Å². The molecule has 150 valence electrons. The van der Waals surface area contributed by atoms with Crippen LogP contribution in [0.25, 0.3) is 0 Å². The van der Waals surface area contributed by atoms with Crippen molar-refractivity contribution in [2.75, 3.05) is 12.9 Å². The van der Waals surface area contributed by atoms with E-state index in [2.05, 4.69) is 27.7 Å². The molecule has 0 amide bonds. The fourth-order valence-electron chi connectivity index (χ4n) is 6.05. The smallest absolute Gasteiger partial charge is 0.335 e. The number of aromatic carboxylic acids is 1. The summed E-state index contributed by atoms with van der Waals surface area (Å²) >= 11 is 1.80. The van der Waals surface area contributed by atoms with E-state index in [4.69, 9.17) is 4.74 Å². The molecule has 4 unspecified atom stereocenters. The molecule has 2 fully saturated rings. The monoisotopic (exact) mass is 390 g/mol. The van der Waals surface area contributed by atoms with Gasteiger partial charge in [0.25, 0.3) is 0 Å². The number of ether oxygens (including phenoxy) is 1. The highest BCUT2D eigenvalue weighted by atomic mass is 32.2. The van der Waals surface area contributed by atoms with Crippen LogP contribution in [0.5, 0.6) is 5.75 Å². The van der Waals surface area contributed by atoms with Crippen LogP contribution in [0.3, 0.4) is 0 Å². The lowest BCUT2D eigenvalue weighted by Gasteiger charge is -2.59. The van der Waals surface area contributed by atoms with Crippen molar-refractivity contribution in [2.45, 2.75) is 64.7 Å². The minimum Gasteiger partial charge on any atom is -0.497 e. The summed E-state index contributed by atoms with van der Waals surface area (Å²) in [7, 11) is 1.59. The van der Waals surface area contributed by atoms with Crippen LogP contribution in [0.15, 0.2) is 23.1 Å². The molecule has 0 spiro atoms. The van der Waals surface area contributed by atoms with E-state index in [-0.39, 0.29) is 0 Å². The first-order valence-electron chi connectivity index (χ1n) is 10.2. The molecule has 0 aliphatic heterocycles. The van der Waals surface area contributed by atoms with E-state index in [1.54, 1.807) is 31.0 Å². The van der Waals surface area contributed by atoms with Gasteiger partial charge in [0.2, 0.25) is 0 Å². The molecule has 3 rings (SSSR count). The molecule has 27 heavy (non-hydrogen) atoms. The number of thioether (sulfide) groups is 1. The molecule has 3 nitrogen and oxygen atoms in total. The highest BCUT2D eigenvalue weighted by Gasteiger charge is 2.53. The number of carboxylic acid groups (broad SMARTS) is 1. The molecule has 1 aromatic carbocycles. The summed E-state index contributed by atoms with van der Waals surface area (Å²) in [5.74, 6) is 2.95. The number of carboxylic acids is 1. The van der Waals surface area contributed by atoms with Gasteiger partial charge in [-0.25, -0.2) is 4.79 Å². The second-order valence-corrected chi connectivity index (χ2v) is 10.7. The van der Waals surface area contributed by atoms with Gasteiger partial charge >= 0.3 is 5.97 Å². The molecule has 0 bridgehead atoms. The summed E-state index contributed by atoms with van der Waals surface area (Å²) in [4.78, 5) is 12.4. The van der Waals surface area contributed by atoms with Gasteiger partial charge < -0.3 is 9.84 Å². The molecule has 2 aliphatic carbocycles. The Morgan fingerprint density at radius 1 is 1.22 bits per heavy atom. The minimum atomic E-state index is -0.900. The highest BCUT2D eigenvalue weighted by Crippen LogP contribution is 2.61. The molecule has 1 aromatic rings. The maximum Gasteiger partial charge on any atom is 0.335 e. The Morgan fingerprint density at radius 3 is 2.63 bits per heavy atom. The van der Waals surface area contributed by atoms with Gasteiger partial charge in [0.05, 0.1) is 12.7 Å². The number of carbonyl (C=O) groups is 1. The Kier molecular flexibility index (Phi) is 5.86. The lowest BCUT2D eigenvalue weighted by Crippen LogP contribution is -2.51. The average molecular weight is 391 g/mol. The lowest BCUT2D eigenvalue weighted by molar-refractivity contribution is -0.0850. The Hall–Kier alpha value is -1.16. The fraction of sp³-hybridized carbons (Fsp3) is 0.696. The third-order valence-corrected chi connectivity index (χ3v) is 8.61. The minimum absolute atomic E-state index is 0.302. The first kappa shape index (κ1) is 20.6. The first-order valence-corrected chi connectivity index (χ1v) is 11.2. The zero-order valence-electron chi connectivity index (χ0n) is 17.4.